The lowest BCUT2D eigenvalue weighted by Crippen LogP contribution is -2.33. The standard InChI is InChI=1S/C15H32N2/c1-6-17-10-8-14(12-17)11-16-13(2)7-9-15(3,4)5/h13-14,16H,6-12H2,1-5H3. The van der Waals surface area contributed by atoms with E-state index in [1.54, 1.807) is 0 Å². The number of nitrogens with zero attached hydrogens (tertiary/aromatic N) is 1. The zero-order valence-electron chi connectivity index (χ0n) is 12.6. The highest BCUT2D eigenvalue weighted by Crippen LogP contribution is 2.21. The third kappa shape index (κ3) is 6.42. The third-order valence-corrected chi connectivity index (χ3v) is 3.90. The molecule has 0 bridgehead atoms. The first-order valence-corrected chi connectivity index (χ1v) is 7.36. The molecule has 2 heteroatoms. The summed E-state index contributed by atoms with van der Waals surface area (Å²) >= 11 is 0. The van der Waals surface area contributed by atoms with E-state index in [0.29, 0.717) is 11.5 Å². The molecule has 1 aliphatic rings. The highest BCUT2D eigenvalue weighted by Gasteiger charge is 2.21. The van der Waals surface area contributed by atoms with E-state index in [4.69, 9.17) is 0 Å². The summed E-state index contributed by atoms with van der Waals surface area (Å²) in [5, 5.41) is 3.72. The highest BCUT2D eigenvalue weighted by atomic mass is 15.1. The first-order chi connectivity index (χ1) is 7.90. The van der Waals surface area contributed by atoms with Gasteiger partial charge in [0, 0.05) is 12.6 Å². The smallest absolute Gasteiger partial charge is 0.00390 e. The first-order valence-electron chi connectivity index (χ1n) is 7.36. The van der Waals surface area contributed by atoms with Crippen molar-refractivity contribution in [3.63, 3.8) is 0 Å². The largest absolute Gasteiger partial charge is 0.314 e. The SMILES string of the molecule is CCN1CCC(CNC(C)CCC(C)(C)C)C1. The first kappa shape index (κ1) is 15.0. The van der Waals surface area contributed by atoms with Gasteiger partial charge in [-0.05, 0) is 57.2 Å². The van der Waals surface area contributed by atoms with E-state index in [1.165, 1.54) is 45.4 Å². The summed E-state index contributed by atoms with van der Waals surface area (Å²) in [7, 11) is 0. The van der Waals surface area contributed by atoms with Crippen LogP contribution in [0, 0.1) is 11.3 Å². The molecule has 1 aliphatic heterocycles. The molecule has 1 N–H and O–H groups in total. The fourth-order valence-corrected chi connectivity index (χ4v) is 2.49. The molecular weight excluding hydrogens is 208 g/mol. The number of hydrogen-bond acceptors (Lipinski definition) is 2. The molecule has 2 nitrogen and oxygen atoms in total. The van der Waals surface area contributed by atoms with E-state index >= 15 is 0 Å². The molecule has 0 amide bonds. The zero-order valence-corrected chi connectivity index (χ0v) is 12.6. The minimum Gasteiger partial charge on any atom is -0.314 e. The van der Waals surface area contributed by atoms with Crippen LogP contribution in [0.5, 0.6) is 0 Å². The van der Waals surface area contributed by atoms with Crippen molar-refractivity contribution < 1.29 is 0 Å². The number of nitrogens with one attached hydrogen (secondary N) is 1. The van der Waals surface area contributed by atoms with E-state index in [1.807, 2.05) is 0 Å². The fourth-order valence-electron chi connectivity index (χ4n) is 2.49. The Morgan fingerprint density at radius 2 is 2.06 bits per heavy atom. The van der Waals surface area contributed by atoms with Crippen LogP contribution in [-0.2, 0) is 0 Å². The second-order valence-electron chi connectivity index (χ2n) is 6.96. The zero-order chi connectivity index (χ0) is 12.9. The fraction of sp³-hybridized carbons (Fsp3) is 1.00. The summed E-state index contributed by atoms with van der Waals surface area (Å²) in [5.41, 5.74) is 0.475. The maximum Gasteiger partial charge on any atom is 0.00390 e. The lowest BCUT2D eigenvalue weighted by molar-refractivity contribution is 0.317. The van der Waals surface area contributed by atoms with Gasteiger partial charge in [0.25, 0.3) is 0 Å². The molecule has 1 saturated heterocycles. The topological polar surface area (TPSA) is 15.3 Å². The van der Waals surface area contributed by atoms with Gasteiger partial charge in [0.1, 0.15) is 0 Å². The number of rotatable bonds is 6. The van der Waals surface area contributed by atoms with Gasteiger partial charge in [-0.1, -0.05) is 27.7 Å². The molecule has 0 aromatic rings. The minimum absolute atomic E-state index is 0.475. The lowest BCUT2D eigenvalue weighted by Gasteiger charge is -2.22. The quantitative estimate of drug-likeness (QED) is 0.767. The Balaban J connectivity index is 2.10. The van der Waals surface area contributed by atoms with Gasteiger partial charge in [0.15, 0.2) is 0 Å². The van der Waals surface area contributed by atoms with Crippen molar-refractivity contribution in [2.45, 2.75) is 59.9 Å². The Labute approximate surface area is 108 Å². The molecule has 0 aromatic carbocycles. The average molecular weight is 240 g/mol. The number of likely N-dealkylation sites (tertiary alicyclic amines) is 1. The second kappa shape index (κ2) is 6.75. The van der Waals surface area contributed by atoms with Gasteiger partial charge in [-0.2, -0.15) is 0 Å². The highest BCUT2D eigenvalue weighted by molar-refractivity contribution is 4.77. The predicted octanol–water partition coefficient (Wildman–Crippen LogP) is 3.13. The van der Waals surface area contributed by atoms with Crippen molar-refractivity contribution in [3.05, 3.63) is 0 Å². The Morgan fingerprint density at radius 3 is 2.59 bits per heavy atom. The maximum absolute atomic E-state index is 3.72. The normalized spacial score (nSPS) is 24.2. The van der Waals surface area contributed by atoms with E-state index in [2.05, 4.69) is 44.8 Å². The van der Waals surface area contributed by atoms with Gasteiger partial charge in [-0.15, -0.1) is 0 Å². The molecule has 2 atom stereocenters. The molecule has 102 valence electrons. The van der Waals surface area contributed by atoms with Crippen LogP contribution in [0.4, 0.5) is 0 Å². The van der Waals surface area contributed by atoms with Crippen LogP contribution in [0.15, 0.2) is 0 Å². The summed E-state index contributed by atoms with van der Waals surface area (Å²) < 4.78 is 0. The predicted molar refractivity (Wildman–Crippen MR) is 76.4 cm³/mol. The van der Waals surface area contributed by atoms with E-state index < -0.39 is 0 Å². The monoisotopic (exact) mass is 240 g/mol. The second-order valence-corrected chi connectivity index (χ2v) is 6.96. The molecule has 0 aliphatic carbocycles. The van der Waals surface area contributed by atoms with Crippen molar-refractivity contribution in [2.24, 2.45) is 11.3 Å². The summed E-state index contributed by atoms with van der Waals surface area (Å²) in [6.07, 6.45) is 3.99. The third-order valence-electron chi connectivity index (χ3n) is 3.90. The summed E-state index contributed by atoms with van der Waals surface area (Å²) in [6.45, 7) is 16.6. The molecular formula is C15H32N2. The van der Waals surface area contributed by atoms with Crippen LogP contribution >= 0.6 is 0 Å². The van der Waals surface area contributed by atoms with Gasteiger partial charge in [-0.3, -0.25) is 0 Å². The molecule has 1 rings (SSSR count). The summed E-state index contributed by atoms with van der Waals surface area (Å²) in [4.78, 5) is 2.56. The molecule has 0 spiro atoms. The average Bonchev–Trinajstić information content (AvgIpc) is 2.70. The lowest BCUT2D eigenvalue weighted by atomic mass is 9.89. The van der Waals surface area contributed by atoms with Crippen LogP contribution in [0.25, 0.3) is 0 Å². The van der Waals surface area contributed by atoms with Gasteiger partial charge in [-0.25, -0.2) is 0 Å². The van der Waals surface area contributed by atoms with Crippen LogP contribution in [0.1, 0.15) is 53.9 Å². The van der Waals surface area contributed by atoms with E-state index in [0.717, 1.165) is 5.92 Å². The molecule has 1 heterocycles. The van der Waals surface area contributed by atoms with Crippen LogP contribution < -0.4 is 5.32 Å². The Bertz CT molecular complexity index is 207. The Hall–Kier alpha value is -0.0800. The van der Waals surface area contributed by atoms with E-state index in [-0.39, 0.29) is 0 Å². The summed E-state index contributed by atoms with van der Waals surface area (Å²) in [5.74, 6) is 0.882. The molecule has 17 heavy (non-hydrogen) atoms. The van der Waals surface area contributed by atoms with Gasteiger partial charge in [0.2, 0.25) is 0 Å². The summed E-state index contributed by atoms with van der Waals surface area (Å²) in [6, 6.07) is 0.671. The van der Waals surface area contributed by atoms with E-state index in [9.17, 15) is 0 Å². The Morgan fingerprint density at radius 1 is 1.35 bits per heavy atom. The Kier molecular flexibility index (Phi) is 5.94. The van der Waals surface area contributed by atoms with Gasteiger partial charge >= 0.3 is 0 Å². The molecule has 2 unspecified atom stereocenters. The van der Waals surface area contributed by atoms with Crippen molar-refractivity contribution in [1.82, 2.24) is 10.2 Å². The number of hydrogen-bond donors (Lipinski definition) is 1. The van der Waals surface area contributed by atoms with Gasteiger partial charge < -0.3 is 10.2 Å². The van der Waals surface area contributed by atoms with Crippen LogP contribution in [0.2, 0.25) is 0 Å². The molecule has 0 radical (unpaired) electrons. The molecule has 0 saturated carbocycles. The van der Waals surface area contributed by atoms with Crippen LogP contribution in [-0.4, -0.2) is 37.1 Å². The van der Waals surface area contributed by atoms with Gasteiger partial charge in [0.05, 0.1) is 0 Å². The molecule has 0 aromatic heterocycles. The maximum atomic E-state index is 3.72. The van der Waals surface area contributed by atoms with Crippen LogP contribution in [0.3, 0.4) is 0 Å². The van der Waals surface area contributed by atoms with Crippen molar-refractivity contribution >= 4 is 0 Å². The molecule has 1 fully saturated rings. The van der Waals surface area contributed by atoms with Crippen molar-refractivity contribution in [3.8, 4) is 0 Å². The van der Waals surface area contributed by atoms with Crippen molar-refractivity contribution in [1.29, 1.82) is 0 Å². The minimum atomic E-state index is 0.475. The van der Waals surface area contributed by atoms with Crippen molar-refractivity contribution in [2.75, 3.05) is 26.2 Å².